The Balaban J connectivity index is 1.82. The van der Waals surface area contributed by atoms with E-state index in [2.05, 4.69) is 27.5 Å². The summed E-state index contributed by atoms with van der Waals surface area (Å²) in [6.07, 6.45) is 7.52. The number of imidazole rings is 1. The molecule has 18 heavy (non-hydrogen) atoms. The summed E-state index contributed by atoms with van der Waals surface area (Å²) in [5.41, 5.74) is 0.779. The van der Waals surface area contributed by atoms with Crippen LogP contribution in [-0.4, -0.2) is 33.0 Å². The van der Waals surface area contributed by atoms with Gasteiger partial charge in [0.25, 0.3) is 0 Å². The predicted octanol–water partition coefficient (Wildman–Crippen LogP) is 1.94. The van der Waals surface area contributed by atoms with Crippen LogP contribution in [0.25, 0.3) is 5.65 Å². The molecule has 0 spiro atoms. The Morgan fingerprint density at radius 1 is 1.44 bits per heavy atom. The van der Waals surface area contributed by atoms with Gasteiger partial charge in [0.2, 0.25) is 0 Å². The van der Waals surface area contributed by atoms with Gasteiger partial charge < -0.3 is 10.6 Å². The minimum Gasteiger partial charge on any atom is -0.363 e. The number of hydrogen-bond donors (Lipinski definition) is 2. The van der Waals surface area contributed by atoms with E-state index in [4.69, 9.17) is 11.6 Å². The lowest BCUT2D eigenvalue weighted by molar-refractivity contribution is 0.398. The molecule has 1 aliphatic rings. The number of anilines is 1. The molecule has 0 radical (unpaired) electrons. The summed E-state index contributed by atoms with van der Waals surface area (Å²) in [4.78, 5) is 8.64. The van der Waals surface area contributed by atoms with Gasteiger partial charge in [0.1, 0.15) is 5.15 Å². The normalized spacial score (nSPS) is 24.3. The zero-order valence-electron chi connectivity index (χ0n) is 10.2. The number of aromatic nitrogens is 3. The van der Waals surface area contributed by atoms with Crippen LogP contribution >= 0.6 is 11.6 Å². The Morgan fingerprint density at radius 3 is 3.11 bits per heavy atom. The summed E-state index contributed by atoms with van der Waals surface area (Å²) in [5.74, 6) is 0.797. The average Bonchev–Trinajstić information content (AvgIpc) is 2.76. The van der Waals surface area contributed by atoms with E-state index in [0.29, 0.717) is 17.2 Å². The summed E-state index contributed by atoms with van der Waals surface area (Å²) < 4.78 is 1.83. The predicted molar refractivity (Wildman–Crippen MR) is 72.1 cm³/mol. The lowest BCUT2D eigenvalue weighted by Gasteiger charge is -2.28. The summed E-state index contributed by atoms with van der Waals surface area (Å²) >= 11 is 6.04. The van der Waals surface area contributed by atoms with Crippen molar-refractivity contribution in [3.8, 4) is 0 Å². The van der Waals surface area contributed by atoms with Crippen LogP contribution in [-0.2, 0) is 0 Å². The first kappa shape index (κ1) is 11.7. The molecule has 0 unspecified atom stereocenters. The van der Waals surface area contributed by atoms with Crippen molar-refractivity contribution in [2.75, 3.05) is 11.9 Å². The van der Waals surface area contributed by atoms with Crippen LogP contribution in [0.4, 0.5) is 5.82 Å². The van der Waals surface area contributed by atoms with E-state index < -0.39 is 0 Å². The molecule has 2 aromatic heterocycles. The number of piperidine rings is 1. The standard InChI is InChI=1S/C12H16ClN5/c1-8-2-3-9(6-15-8)17-11-12-16-7-10(13)18(12)5-4-14-11/h4-5,7-9,15H,2-3,6H2,1H3,(H,14,17)/t8-,9-/m1/s1. The van der Waals surface area contributed by atoms with Gasteiger partial charge in [-0.25, -0.2) is 9.97 Å². The molecule has 5 nitrogen and oxygen atoms in total. The molecule has 6 heteroatoms. The zero-order chi connectivity index (χ0) is 12.5. The van der Waals surface area contributed by atoms with E-state index in [1.807, 2.05) is 10.6 Å². The lowest BCUT2D eigenvalue weighted by atomic mass is 10.0. The Kier molecular flexibility index (Phi) is 3.09. The molecule has 0 amide bonds. The molecule has 0 saturated carbocycles. The number of rotatable bonds is 2. The van der Waals surface area contributed by atoms with E-state index in [-0.39, 0.29) is 0 Å². The Morgan fingerprint density at radius 2 is 2.33 bits per heavy atom. The maximum absolute atomic E-state index is 6.04. The second-order valence-corrected chi connectivity index (χ2v) is 5.17. The molecule has 2 atom stereocenters. The van der Waals surface area contributed by atoms with Gasteiger partial charge in [-0.05, 0) is 19.8 Å². The zero-order valence-corrected chi connectivity index (χ0v) is 11.0. The van der Waals surface area contributed by atoms with Gasteiger partial charge in [-0.1, -0.05) is 11.6 Å². The summed E-state index contributed by atoms with van der Waals surface area (Å²) in [5, 5.41) is 7.51. The first-order valence-corrected chi connectivity index (χ1v) is 6.59. The monoisotopic (exact) mass is 265 g/mol. The Bertz CT molecular complexity index is 544. The van der Waals surface area contributed by atoms with Crippen LogP contribution in [0.3, 0.4) is 0 Å². The third-order valence-electron chi connectivity index (χ3n) is 3.38. The van der Waals surface area contributed by atoms with Crippen molar-refractivity contribution in [3.63, 3.8) is 0 Å². The number of hydrogen-bond acceptors (Lipinski definition) is 4. The smallest absolute Gasteiger partial charge is 0.181 e. The molecular formula is C12H16ClN5. The van der Waals surface area contributed by atoms with E-state index in [1.54, 1.807) is 12.4 Å². The maximum atomic E-state index is 6.04. The highest BCUT2D eigenvalue weighted by atomic mass is 35.5. The van der Waals surface area contributed by atoms with E-state index >= 15 is 0 Å². The molecule has 3 heterocycles. The third-order valence-corrected chi connectivity index (χ3v) is 3.66. The van der Waals surface area contributed by atoms with Crippen LogP contribution in [0.1, 0.15) is 19.8 Å². The second-order valence-electron chi connectivity index (χ2n) is 4.78. The fourth-order valence-corrected chi connectivity index (χ4v) is 2.49. The third kappa shape index (κ3) is 2.15. The molecule has 0 aliphatic carbocycles. The molecule has 0 aromatic carbocycles. The average molecular weight is 266 g/mol. The highest BCUT2D eigenvalue weighted by molar-refractivity contribution is 6.29. The highest BCUT2D eigenvalue weighted by Crippen LogP contribution is 2.19. The molecule has 0 bridgehead atoms. The van der Waals surface area contributed by atoms with Crippen molar-refractivity contribution in [3.05, 3.63) is 23.7 Å². The summed E-state index contributed by atoms with van der Waals surface area (Å²) in [7, 11) is 0. The molecule has 2 aromatic rings. The van der Waals surface area contributed by atoms with Crippen molar-refractivity contribution < 1.29 is 0 Å². The molecule has 96 valence electrons. The molecule has 3 rings (SSSR count). The number of nitrogens with zero attached hydrogens (tertiary/aromatic N) is 3. The van der Waals surface area contributed by atoms with E-state index in [0.717, 1.165) is 24.4 Å². The van der Waals surface area contributed by atoms with Crippen molar-refractivity contribution in [2.24, 2.45) is 0 Å². The topological polar surface area (TPSA) is 54.2 Å². The Labute approximate surface area is 111 Å². The highest BCUT2D eigenvalue weighted by Gasteiger charge is 2.18. The SMILES string of the molecule is C[C@@H]1CC[C@@H](Nc2nccn3c(Cl)cnc23)CN1. The van der Waals surface area contributed by atoms with Crippen LogP contribution in [0, 0.1) is 0 Å². The van der Waals surface area contributed by atoms with Crippen molar-refractivity contribution >= 4 is 23.1 Å². The Hall–Kier alpha value is -1.33. The minimum absolute atomic E-state index is 0.398. The molecular weight excluding hydrogens is 250 g/mol. The van der Waals surface area contributed by atoms with E-state index in [9.17, 15) is 0 Å². The molecule has 1 aliphatic heterocycles. The number of fused-ring (bicyclic) bond motifs is 1. The largest absolute Gasteiger partial charge is 0.363 e. The quantitative estimate of drug-likeness (QED) is 0.871. The fourth-order valence-electron chi connectivity index (χ4n) is 2.31. The van der Waals surface area contributed by atoms with Gasteiger partial charge >= 0.3 is 0 Å². The molecule has 2 N–H and O–H groups in total. The number of nitrogens with one attached hydrogen (secondary N) is 2. The van der Waals surface area contributed by atoms with Crippen LogP contribution in [0.15, 0.2) is 18.6 Å². The van der Waals surface area contributed by atoms with Gasteiger partial charge in [-0.3, -0.25) is 4.40 Å². The first-order valence-electron chi connectivity index (χ1n) is 6.21. The van der Waals surface area contributed by atoms with Crippen LogP contribution < -0.4 is 10.6 Å². The summed E-state index contributed by atoms with van der Waals surface area (Å²) in [6, 6.07) is 1.00. The second kappa shape index (κ2) is 4.74. The molecule has 1 fully saturated rings. The van der Waals surface area contributed by atoms with Gasteiger partial charge in [0.05, 0.1) is 6.20 Å². The first-order chi connectivity index (χ1) is 8.74. The van der Waals surface area contributed by atoms with Gasteiger partial charge in [0, 0.05) is 31.0 Å². The summed E-state index contributed by atoms with van der Waals surface area (Å²) in [6.45, 7) is 3.17. The molecule has 1 saturated heterocycles. The van der Waals surface area contributed by atoms with Crippen molar-refractivity contribution in [1.29, 1.82) is 0 Å². The van der Waals surface area contributed by atoms with Gasteiger partial charge in [-0.15, -0.1) is 0 Å². The number of halogens is 1. The van der Waals surface area contributed by atoms with Crippen molar-refractivity contribution in [1.82, 2.24) is 19.7 Å². The minimum atomic E-state index is 0.398. The maximum Gasteiger partial charge on any atom is 0.181 e. The van der Waals surface area contributed by atoms with Gasteiger partial charge in [-0.2, -0.15) is 0 Å². The van der Waals surface area contributed by atoms with Crippen LogP contribution in [0.2, 0.25) is 5.15 Å². The van der Waals surface area contributed by atoms with Crippen LogP contribution in [0.5, 0.6) is 0 Å². The lowest BCUT2D eigenvalue weighted by Crippen LogP contribution is -2.43. The van der Waals surface area contributed by atoms with Gasteiger partial charge in [0.15, 0.2) is 11.5 Å². The van der Waals surface area contributed by atoms with E-state index in [1.165, 1.54) is 6.42 Å². The van der Waals surface area contributed by atoms with Crippen molar-refractivity contribution in [2.45, 2.75) is 31.8 Å². The fraction of sp³-hybridized carbons (Fsp3) is 0.500.